The summed E-state index contributed by atoms with van der Waals surface area (Å²) in [6.07, 6.45) is 0.340. The molecule has 2 rings (SSSR count). The number of hydrogen-bond acceptors (Lipinski definition) is 2. The van der Waals surface area contributed by atoms with Crippen LogP contribution in [0.3, 0.4) is 0 Å². The Bertz CT molecular complexity index is 609. The molecule has 0 heterocycles. The van der Waals surface area contributed by atoms with E-state index in [0.717, 1.165) is 6.07 Å². The van der Waals surface area contributed by atoms with Crippen LogP contribution < -0.4 is 11.1 Å². The van der Waals surface area contributed by atoms with Crippen molar-refractivity contribution in [3.8, 4) is 0 Å². The molecule has 3 nitrogen and oxygen atoms in total. The van der Waals surface area contributed by atoms with Crippen molar-refractivity contribution in [3.63, 3.8) is 0 Å². The van der Waals surface area contributed by atoms with E-state index in [9.17, 15) is 13.6 Å². The molecule has 0 bridgehead atoms. The van der Waals surface area contributed by atoms with Crippen LogP contribution in [0.5, 0.6) is 0 Å². The van der Waals surface area contributed by atoms with Gasteiger partial charge in [0.1, 0.15) is 11.6 Å². The standard InChI is InChI=1S/C15H14F2N2O/c16-11-7-10(8-12(17)9-11)5-6-19-15(20)13-3-1-2-4-14(13)18/h1-4,7-9H,5-6,18H2,(H,19,20). The summed E-state index contributed by atoms with van der Waals surface area (Å²) in [6, 6.07) is 10.0. The molecule has 0 unspecified atom stereocenters. The molecule has 0 saturated heterocycles. The van der Waals surface area contributed by atoms with Crippen molar-refractivity contribution in [1.29, 1.82) is 0 Å². The highest BCUT2D eigenvalue weighted by molar-refractivity contribution is 5.99. The summed E-state index contributed by atoms with van der Waals surface area (Å²) in [5, 5.41) is 2.66. The molecule has 0 spiro atoms. The van der Waals surface area contributed by atoms with Crippen molar-refractivity contribution in [2.45, 2.75) is 6.42 Å². The van der Waals surface area contributed by atoms with Gasteiger partial charge in [-0.15, -0.1) is 0 Å². The maximum atomic E-state index is 13.0. The number of anilines is 1. The van der Waals surface area contributed by atoms with Crippen molar-refractivity contribution >= 4 is 11.6 Å². The molecule has 0 aliphatic rings. The highest BCUT2D eigenvalue weighted by Crippen LogP contribution is 2.11. The number of rotatable bonds is 4. The summed E-state index contributed by atoms with van der Waals surface area (Å²) in [6.45, 7) is 0.274. The lowest BCUT2D eigenvalue weighted by atomic mass is 10.1. The number of carbonyl (C=O) groups excluding carboxylic acids is 1. The molecule has 0 atom stereocenters. The molecule has 0 aromatic heterocycles. The van der Waals surface area contributed by atoms with Crippen LogP contribution in [0.4, 0.5) is 14.5 Å². The molecule has 0 fully saturated rings. The van der Waals surface area contributed by atoms with Crippen LogP contribution in [0.25, 0.3) is 0 Å². The minimum Gasteiger partial charge on any atom is -0.398 e. The number of nitrogens with one attached hydrogen (secondary N) is 1. The fraction of sp³-hybridized carbons (Fsp3) is 0.133. The molecule has 2 aromatic carbocycles. The number of amides is 1. The third-order valence-electron chi connectivity index (χ3n) is 2.83. The summed E-state index contributed by atoms with van der Waals surface area (Å²) < 4.78 is 26.0. The topological polar surface area (TPSA) is 55.1 Å². The van der Waals surface area contributed by atoms with E-state index in [4.69, 9.17) is 5.73 Å². The van der Waals surface area contributed by atoms with Crippen LogP contribution in [0.1, 0.15) is 15.9 Å². The predicted molar refractivity (Wildman–Crippen MR) is 73.2 cm³/mol. The van der Waals surface area contributed by atoms with Gasteiger partial charge in [-0.05, 0) is 36.2 Å². The monoisotopic (exact) mass is 276 g/mol. The minimum atomic E-state index is -0.626. The van der Waals surface area contributed by atoms with Gasteiger partial charge in [-0.1, -0.05) is 12.1 Å². The predicted octanol–water partition coefficient (Wildman–Crippen LogP) is 2.52. The maximum absolute atomic E-state index is 13.0. The fourth-order valence-corrected chi connectivity index (χ4v) is 1.87. The van der Waals surface area contributed by atoms with Crippen molar-refractivity contribution in [1.82, 2.24) is 5.32 Å². The van der Waals surface area contributed by atoms with Crippen LogP contribution >= 0.6 is 0 Å². The molecule has 0 aliphatic carbocycles. The number of nitrogen functional groups attached to an aromatic ring is 1. The van der Waals surface area contributed by atoms with Crippen LogP contribution in [-0.4, -0.2) is 12.5 Å². The van der Waals surface area contributed by atoms with Gasteiger partial charge in [0.25, 0.3) is 5.91 Å². The Labute approximate surface area is 115 Å². The molecule has 3 N–H and O–H groups in total. The molecule has 0 aliphatic heterocycles. The van der Waals surface area contributed by atoms with Gasteiger partial charge in [-0.2, -0.15) is 0 Å². The molecule has 0 saturated carbocycles. The molecule has 1 amide bonds. The number of para-hydroxylation sites is 1. The average molecular weight is 276 g/mol. The first-order chi connectivity index (χ1) is 9.56. The average Bonchev–Trinajstić information content (AvgIpc) is 2.38. The molecular weight excluding hydrogens is 262 g/mol. The van der Waals surface area contributed by atoms with Gasteiger partial charge in [-0.3, -0.25) is 4.79 Å². The molecule has 0 radical (unpaired) electrons. The number of nitrogens with two attached hydrogens (primary N) is 1. The Morgan fingerprint density at radius 3 is 2.40 bits per heavy atom. The van der Waals surface area contributed by atoms with Gasteiger partial charge in [0.2, 0.25) is 0 Å². The second kappa shape index (κ2) is 6.14. The second-order valence-corrected chi connectivity index (χ2v) is 4.37. The Morgan fingerprint density at radius 2 is 1.75 bits per heavy atom. The van der Waals surface area contributed by atoms with Crippen molar-refractivity contribution in [2.24, 2.45) is 0 Å². The van der Waals surface area contributed by atoms with E-state index in [1.165, 1.54) is 12.1 Å². The SMILES string of the molecule is Nc1ccccc1C(=O)NCCc1cc(F)cc(F)c1. The quantitative estimate of drug-likeness (QED) is 0.843. The Balaban J connectivity index is 1.93. The van der Waals surface area contributed by atoms with E-state index in [-0.39, 0.29) is 12.5 Å². The molecule has 5 heteroatoms. The summed E-state index contributed by atoms with van der Waals surface area (Å²) in [4.78, 5) is 11.9. The van der Waals surface area contributed by atoms with E-state index in [2.05, 4.69) is 5.32 Å². The van der Waals surface area contributed by atoms with E-state index < -0.39 is 11.6 Å². The first kappa shape index (κ1) is 14.0. The summed E-state index contributed by atoms with van der Waals surface area (Å²) in [7, 11) is 0. The largest absolute Gasteiger partial charge is 0.398 e. The summed E-state index contributed by atoms with van der Waals surface area (Å²) in [5.41, 5.74) is 6.95. The lowest BCUT2D eigenvalue weighted by Gasteiger charge is -2.07. The molecule has 104 valence electrons. The van der Waals surface area contributed by atoms with Crippen molar-refractivity contribution in [2.75, 3.05) is 12.3 Å². The lowest BCUT2D eigenvalue weighted by molar-refractivity contribution is 0.0955. The van der Waals surface area contributed by atoms with Crippen LogP contribution in [0, 0.1) is 11.6 Å². The van der Waals surface area contributed by atoms with Crippen LogP contribution in [0.15, 0.2) is 42.5 Å². The van der Waals surface area contributed by atoms with Crippen molar-refractivity contribution in [3.05, 3.63) is 65.2 Å². The number of benzene rings is 2. The fourth-order valence-electron chi connectivity index (χ4n) is 1.87. The van der Waals surface area contributed by atoms with Crippen molar-refractivity contribution < 1.29 is 13.6 Å². The van der Waals surface area contributed by atoms with Gasteiger partial charge in [-0.25, -0.2) is 8.78 Å². The molecule has 20 heavy (non-hydrogen) atoms. The van der Waals surface area contributed by atoms with Crippen LogP contribution in [-0.2, 0) is 6.42 Å². The van der Waals surface area contributed by atoms with Crippen LogP contribution in [0.2, 0.25) is 0 Å². The van der Waals surface area contributed by atoms with Gasteiger partial charge in [0, 0.05) is 18.3 Å². The first-order valence-corrected chi connectivity index (χ1v) is 6.14. The minimum absolute atomic E-state index is 0.274. The zero-order chi connectivity index (χ0) is 14.5. The van der Waals surface area contributed by atoms with E-state index in [1.807, 2.05) is 0 Å². The number of halogens is 2. The Hall–Kier alpha value is -2.43. The van der Waals surface area contributed by atoms with Gasteiger partial charge < -0.3 is 11.1 Å². The van der Waals surface area contributed by atoms with Gasteiger partial charge >= 0.3 is 0 Å². The smallest absolute Gasteiger partial charge is 0.253 e. The Morgan fingerprint density at radius 1 is 1.10 bits per heavy atom. The highest BCUT2D eigenvalue weighted by Gasteiger charge is 2.08. The second-order valence-electron chi connectivity index (χ2n) is 4.37. The lowest BCUT2D eigenvalue weighted by Crippen LogP contribution is -2.26. The van der Waals surface area contributed by atoms with E-state index in [1.54, 1.807) is 24.3 Å². The van der Waals surface area contributed by atoms with Gasteiger partial charge in [0.05, 0.1) is 5.56 Å². The summed E-state index contributed by atoms with van der Waals surface area (Å²) in [5.74, 6) is -1.56. The molecule has 2 aromatic rings. The third-order valence-corrected chi connectivity index (χ3v) is 2.83. The van der Waals surface area contributed by atoms with Gasteiger partial charge in [0.15, 0.2) is 0 Å². The zero-order valence-electron chi connectivity index (χ0n) is 10.7. The highest BCUT2D eigenvalue weighted by atomic mass is 19.1. The third kappa shape index (κ3) is 3.54. The Kier molecular flexibility index (Phi) is 4.30. The molecular formula is C15H14F2N2O. The summed E-state index contributed by atoms with van der Waals surface area (Å²) >= 11 is 0. The zero-order valence-corrected chi connectivity index (χ0v) is 10.7. The first-order valence-electron chi connectivity index (χ1n) is 6.14. The maximum Gasteiger partial charge on any atom is 0.253 e. The number of carbonyl (C=O) groups is 1. The normalized spacial score (nSPS) is 10.3. The van der Waals surface area contributed by atoms with E-state index >= 15 is 0 Å². The van der Waals surface area contributed by atoms with E-state index in [0.29, 0.717) is 23.2 Å². The number of hydrogen-bond donors (Lipinski definition) is 2.